The number of aryl methyl sites for hydroxylation is 1. The predicted octanol–water partition coefficient (Wildman–Crippen LogP) is 5.30. The van der Waals surface area contributed by atoms with Crippen LogP contribution in [0.15, 0.2) is 54.6 Å². The zero-order valence-corrected chi connectivity index (χ0v) is 14.3. The van der Waals surface area contributed by atoms with Gasteiger partial charge in [-0.25, -0.2) is 9.37 Å². The third-order valence-electron chi connectivity index (χ3n) is 3.71. The standard InChI is InChI=1S/C19H16F4N4/c1-12-10-17(24-11-13-2-6-15(20)7-3-13)27-18(25-12)26-16-8-4-14(5-9-16)19(21,22)23/h2-10H,11H2,1H3,(H2,24,25,26,27). The van der Waals surface area contributed by atoms with E-state index in [2.05, 4.69) is 20.6 Å². The highest BCUT2D eigenvalue weighted by Crippen LogP contribution is 2.30. The summed E-state index contributed by atoms with van der Waals surface area (Å²) in [6, 6.07) is 12.4. The van der Waals surface area contributed by atoms with Crippen molar-refractivity contribution in [2.45, 2.75) is 19.6 Å². The maximum atomic E-state index is 12.9. The van der Waals surface area contributed by atoms with Crippen LogP contribution in [0.25, 0.3) is 0 Å². The molecule has 0 spiro atoms. The molecule has 2 aromatic carbocycles. The Morgan fingerprint density at radius 1 is 0.926 bits per heavy atom. The van der Waals surface area contributed by atoms with E-state index in [0.717, 1.165) is 17.7 Å². The molecule has 0 amide bonds. The summed E-state index contributed by atoms with van der Waals surface area (Å²) in [4.78, 5) is 8.54. The quantitative estimate of drug-likeness (QED) is 0.594. The lowest BCUT2D eigenvalue weighted by Crippen LogP contribution is -2.06. The lowest BCUT2D eigenvalue weighted by Gasteiger charge is -2.11. The van der Waals surface area contributed by atoms with Gasteiger partial charge in [0.2, 0.25) is 5.95 Å². The molecule has 2 N–H and O–H groups in total. The van der Waals surface area contributed by atoms with Crippen molar-refractivity contribution in [1.29, 1.82) is 0 Å². The fraction of sp³-hybridized carbons (Fsp3) is 0.158. The molecular formula is C19H16F4N4. The summed E-state index contributed by atoms with van der Waals surface area (Å²) in [5, 5.41) is 6.00. The topological polar surface area (TPSA) is 49.8 Å². The molecule has 0 aliphatic heterocycles. The second-order valence-corrected chi connectivity index (χ2v) is 5.90. The maximum Gasteiger partial charge on any atom is 0.416 e. The number of hydrogen-bond donors (Lipinski definition) is 2. The van der Waals surface area contributed by atoms with Crippen molar-refractivity contribution in [3.63, 3.8) is 0 Å². The van der Waals surface area contributed by atoms with Crippen LogP contribution in [0, 0.1) is 12.7 Å². The van der Waals surface area contributed by atoms with Crippen LogP contribution in [0.5, 0.6) is 0 Å². The number of halogens is 4. The largest absolute Gasteiger partial charge is 0.416 e. The summed E-state index contributed by atoms with van der Waals surface area (Å²) in [6.07, 6.45) is -4.38. The molecule has 140 valence electrons. The Kier molecular flexibility index (Phi) is 5.25. The van der Waals surface area contributed by atoms with Crippen molar-refractivity contribution in [2.24, 2.45) is 0 Å². The summed E-state index contributed by atoms with van der Waals surface area (Å²) in [5.41, 5.74) is 1.28. The molecule has 1 heterocycles. The summed E-state index contributed by atoms with van der Waals surface area (Å²) in [7, 11) is 0. The molecule has 3 aromatic rings. The second-order valence-electron chi connectivity index (χ2n) is 5.90. The van der Waals surface area contributed by atoms with E-state index in [1.807, 2.05) is 0 Å². The number of rotatable bonds is 5. The van der Waals surface area contributed by atoms with Crippen LogP contribution in [0.4, 0.5) is 35.0 Å². The highest BCUT2D eigenvalue weighted by Gasteiger charge is 2.29. The van der Waals surface area contributed by atoms with E-state index < -0.39 is 11.7 Å². The maximum absolute atomic E-state index is 12.9. The second kappa shape index (κ2) is 7.61. The van der Waals surface area contributed by atoms with Crippen LogP contribution in [-0.2, 0) is 12.7 Å². The zero-order valence-electron chi connectivity index (χ0n) is 14.3. The van der Waals surface area contributed by atoms with Gasteiger partial charge in [-0.1, -0.05) is 12.1 Å². The molecule has 0 radical (unpaired) electrons. The van der Waals surface area contributed by atoms with Gasteiger partial charge in [-0.3, -0.25) is 0 Å². The molecule has 27 heavy (non-hydrogen) atoms. The SMILES string of the molecule is Cc1cc(NCc2ccc(F)cc2)nc(Nc2ccc(C(F)(F)F)cc2)n1. The van der Waals surface area contributed by atoms with E-state index in [1.165, 1.54) is 24.3 Å². The van der Waals surface area contributed by atoms with Crippen molar-refractivity contribution in [3.05, 3.63) is 77.2 Å². The number of anilines is 3. The average Bonchev–Trinajstić information content (AvgIpc) is 2.60. The molecule has 0 aliphatic rings. The van der Waals surface area contributed by atoms with Crippen molar-refractivity contribution in [3.8, 4) is 0 Å². The molecule has 0 fully saturated rings. The summed E-state index contributed by atoms with van der Waals surface area (Å²) in [5.74, 6) is 0.497. The van der Waals surface area contributed by atoms with Gasteiger partial charge in [0.15, 0.2) is 0 Å². The van der Waals surface area contributed by atoms with E-state index in [4.69, 9.17) is 0 Å². The highest BCUT2D eigenvalue weighted by molar-refractivity contribution is 5.56. The van der Waals surface area contributed by atoms with Gasteiger partial charge in [0.25, 0.3) is 0 Å². The Bertz CT molecular complexity index is 906. The van der Waals surface area contributed by atoms with Crippen LogP contribution in [0.3, 0.4) is 0 Å². The Morgan fingerprint density at radius 3 is 2.22 bits per heavy atom. The Hall–Kier alpha value is -3.16. The van der Waals surface area contributed by atoms with Gasteiger partial charge in [-0.2, -0.15) is 18.2 Å². The van der Waals surface area contributed by atoms with E-state index in [0.29, 0.717) is 23.7 Å². The van der Waals surface area contributed by atoms with Crippen molar-refractivity contribution >= 4 is 17.5 Å². The van der Waals surface area contributed by atoms with Crippen LogP contribution < -0.4 is 10.6 Å². The third kappa shape index (κ3) is 5.16. The Morgan fingerprint density at radius 2 is 1.59 bits per heavy atom. The summed E-state index contributed by atoms with van der Waals surface area (Å²) in [6.45, 7) is 2.22. The molecule has 0 unspecified atom stereocenters. The fourth-order valence-corrected chi connectivity index (χ4v) is 2.38. The zero-order chi connectivity index (χ0) is 19.4. The first-order chi connectivity index (χ1) is 12.8. The van der Waals surface area contributed by atoms with Crippen molar-refractivity contribution in [1.82, 2.24) is 9.97 Å². The van der Waals surface area contributed by atoms with Crippen LogP contribution in [-0.4, -0.2) is 9.97 Å². The smallest absolute Gasteiger partial charge is 0.366 e. The van der Waals surface area contributed by atoms with Crippen molar-refractivity contribution < 1.29 is 17.6 Å². The fourth-order valence-electron chi connectivity index (χ4n) is 2.38. The predicted molar refractivity (Wildman–Crippen MR) is 95.2 cm³/mol. The van der Waals surface area contributed by atoms with Crippen molar-refractivity contribution in [2.75, 3.05) is 10.6 Å². The number of alkyl halides is 3. The summed E-state index contributed by atoms with van der Waals surface area (Å²) < 4.78 is 50.8. The van der Waals surface area contributed by atoms with Gasteiger partial charge in [-0.05, 0) is 48.9 Å². The molecule has 0 saturated carbocycles. The number of aromatic nitrogens is 2. The number of benzene rings is 2. The van der Waals surface area contributed by atoms with Crippen LogP contribution in [0.2, 0.25) is 0 Å². The monoisotopic (exact) mass is 376 g/mol. The number of nitrogens with one attached hydrogen (secondary N) is 2. The van der Waals surface area contributed by atoms with E-state index in [9.17, 15) is 17.6 Å². The van der Waals surface area contributed by atoms with E-state index in [-0.39, 0.29) is 11.8 Å². The highest BCUT2D eigenvalue weighted by atomic mass is 19.4. The molecule has 0 aliphatic carbocycles. The molecule has 8 heteroatoms. The molecule has 0 bridgehead atoms. The molecule has 1 aromatic heterocycles. The van der Waals surface area contributed by atoms with E-state index >= 15 is 0 Å². The van der Waals surface area contributed by atoms with E-state index in [1.54, 1.807) is 25.1 Å². The summed E-state index contributed by atoms with van der Waals surface area (Å²) >= 11 is 0. The van der Waals surface area contributed by atoms with Crippen LogP contribution >= 0.6 is 0 Å². The molecule has 4 nitrogen and oxygen atoms in total. The van der Waals surface area contributed by atoms with Gasteiger partial charge < -0.3 is 10.6 Å². The van der Waals surface area contributed by atoms with Gasteiger partial charge in [0.05, 0.1) is 5.56 Å². The minimum absolute atomic E-state index is 0.261. The normalized spacial score (nSPS) is 11.3. The molecule has 3 rings (SSSR count). The number of hydrogen-bond acceptors (Lipinski definition) is 4. The minimum Gasteiger partial charge on any atom is -0.366 e. The first-order valence-electron chi connectivity index (χ1n) is 8.08. The molecule has 0 saturated heterocycles. The molecular weight excluding hydrogens is 360 g/mol. The third-order valence-corrected chi connectivity index (χ3v) is 3.71. The lowest BCUT2D eigenvalue weighted by atomic mass is 10.2. The average molecular weight is 376 g/mol. The first kappa shape index (κ1) is 18.6. The Balaban J connectivity index is 1.70. The van der Waals surface area contributed by atoms with Gasteiger partial charge in [0.1, 0.15) is 11.6 Å². The Labute approximate surface area is 153 Å². The lowest BCUT2D eigenvalue weighted by molar-refractivity contribution is -0.137. The van der Waals surface area contributed by atoms with Gasteiger partial charge >= 0.3 is 6.18 Å². The first-order valence-corrected chi connectivity index (χ1v) is 8.08. The molecule has 0 atom stereocenters. The number of nitrogens with zero attached hydrogens (tertiary/aromatic N) is 2. The van der Waals surface area contributed by atoms with Gasteiger partial charge in [-0.15, -0.1) is 0 Å². The minimum atomic E-state index is -4.38. The van der Waals surface area contributed by atoms with Gasteiger partial charge in [0, 0.05) is 24.0 Å². The van der Waals surface area contributed by atoms with Crippen LogP contribution in [0.1, 0.15) is 16.8 Å².